The molecule has 1 amide bonds. The predicted molar refractivity (Wildman–Crippen MR) is 118 cm³/mol. The molecular formula is C23H29N7O3. The molecule has 174 valence electrons. The van der Waals surface area contributed by atoms with Crippen LogP contribution >= 0.6 is 0 Å². The molecule has 5 rings (SSSR count). The van der Waals surface area contributed by atoms with Crippen LogP contribution in [0.15, 0.2) is 35.9 Å². The van der Waals surface area contributed by atoms with Gasteiger partial charge in [0.2, 0.25) is 5.91 Å². The number of hydrogen-bond acceptors (Lipinski definition) is 8. The van der Waals surface area contributed by atoms with Crippen LogP contribution in [0, 0.1) is 5.41 Å². The Labute approximate surface area is 192 Å². The number of carbonyl (C=O) groups excluding carboxylic acids is 2. The molecule has 2 fully saturated rings. The third-order valence-electron chi connectivity index (χ3n) is 7.53. The summed E-state index contributed by atoms with van der Waals surface area (Å²) in [4.78, 5) is 33.9. The highest BCUT2D eigenvalue weighted by Gasteiger charge is 2.50. The van der Waals surface area contributed by atoms with Crippen LogP contribution in [0.2, 0.25) is 0 Å². The van der Waals surface area contributed by atoms with Gasteiger partial charge in [-0.25, -0.2) is 9.78 Å². The fourth-order valence-corrected chi connectivity index (χ4v) is 5.46. The lowest BCUT2D eigenvalue weighted by Crippen LogP contribution is -2.43. The number of amides is 1. The van der Waals surface area contributed by atoms with Crippen LogP contribution in [0.4, 0.5) is 0 Å². The van der Waals surface area contributed by atoms with Gasteiger partial charge in [0.1, 0.15) is 12.9 Å². The summed E-state index contributed by atoms with van der Waals surface area (Å²) in [5, 5.41) is 11.2. The molecular weight excluding hydrogens is 422 g/mol. The van der Waals surface area contributed by atoms with Gasteiger partial charge in [-0.3, -0.25) is 9.69 Å². The van der Waals surface area contributed by atoms with Gasteiger partial charge >= 0.3 is 5.97 Å². The normalized spacial score (nSPS) is 25.5. The molecule has 1 saturated heterocycles. The second-order valence-electron chi connectivity index (χ2n) is 9.21. The second kappa shape index (κ2) is 8.66. The molecule has 3 aliphatic rings. The topological polar surface area (TPSA) is 106 Å². The Morgan fingerprint density at radius 2 is 2.03 bits per heavy atom. The number of esters is 1. The third kappa shape index (κ3) is 3.92. The zero-order valence-electron chi connectivity index (χ0n) is 19.1. The van der Waals surface area contributed by atoms with Crippen LogP contribution in [0.3, 0.4) is 0 Å². The molecule has 33 heavy (non-hydrogen) atoms. The highest BCUT2D eigenvalue weighted by atomic mass is 16.5. The van der Waals surface area contributed by atoms with E-state index in [9.17, 15) is 9.59 Å². The van der Waals surface area contributed by atoms with Gasteiger partial charge in [-0.2, -0.15) is 4.68 Å². The first kappa shape index (κ1) is 21.7. The third-order valence-corrected chi connectivity index (χ3v) is 7.53. The van der Waals surface area contributed by atoms with Crippen molar-refractivity contribution in [1.82, 2.24) is 35.0 Å². The van der Waals surface area contributed by atoms with E-state index >= 15 is 0 Å². The fourth-order valence-electron chi connectivity index (χ4n) is 5.46. The Kier molecular flexibility index (Phi) is 5.69. The molecule has 10 heteroatoms. The molecule has 10 nitrogen and oxygen atoms in total. The summed E-state index contributed by atoms with van der Waals surface area (Å²) in [6, 6.07) is 4.44. The molecule has 1 saturated carbocycles. The fraction of sp³-hybridized carbons (Fsp3) is 0.565. The van der Waals surface area contributed by atoms with E-state index in [2.05, 4.69) is 38.4 Å². The number of hydrogen-bond donors (Lipinski definition) is 0. The second-order valence-corrected chi connectivity index (χ2v) is 9.21. The lowest BCUT2D eigenvalue weighted by molar-refractivity contribution is -0.138. The van der Waals surface area contributed by atoms with Crippen LogP contribution in [-0.2, 0) is 20.9 Å². The molecule has 1 spiro atoms. The summed E-state index contributed by atoms with van der Waals surface area (Å²) in [7, 11) is 0. The van der Waals surface area contributed by atoms with Gasteiger partial charge in [-0.1, -0.05) is 13.0 Å². The number of carbonyl (C=O) groups is 2. The van der Waals surface area contributed by atoms with Crippen molar-refractivity contribution in [2.75, 3.05) is 19.7 Å². The number of pyridine rings is 1. The summed E-state index contributed by atoms with van der Waals surface area (Å²) >= 11 is 0. The molecule has 0 bridgehead atoms. The number of nitrogens with zero attached hydrogens (tertiary/aromatic N) is 7. The smallest absolute Gasteiger partial charge is 0.336 e. The average molecular weight is 452 g/mol. The lowest BCUT2D eigenvalue weighted by Gasteiger charge is -2.40. The standard InChI is InChI=1S/C23H29N7O3/c1-3-28(13-17-4-5-20(24-12-17)30-15-25-26-27-30)18-6-8-23(9-7-18)10-11-29(22(23)32)19-14-33-21(31)16(19)2/h4-5,12,15,18H,3,6-11,13-14H2,1-2H3. The van der Waals surface area contributed by atoms with Gasteiger partial charge in [0.05, 0.1) is 16.7 Å². The van der Waals surface area contributed by atoms with E-state index in [1.807, 2.05) is 17.2 Å². The van der Waals surface area contributed by atoms with Gasteiger partial charge in [-0.15, -0.1) is 5.10 Å². The minimum Gasteiger partial charge on any atom is -0.456 e. The Bertz CT molecular complexity index is 1060. The van der Waals surface area contributed by atoms with Crippen molar-refractivity contribution in [3.05, 3.63) is 41.5 Å². The van der Waals surface area contributed by atoms with Gasteiger partial charge in [0.25, 0.3) is 0 Å². The molecule has 2 aromatic rings. The molecule has 0 N–H and O–H groups in total. The minimum absolute atomic E-state index is 0.180. The Hall–Kier alpha value is -3.14. The Morgan fingerprint density at radius 1 is 1.21 bits per heavy atom. The van der Waals surface area contributed by atoms with Gasteiger partial charge in [0, 0.05) is 25.3 Å². The number of rotatable bonds is 6. The number of cyclic esters (lactones) is 1. The summed E-state index contributed by atoms with van der Waals surface area (Å²) < 4.78 is 6.67. The van der Waals surface area contributed by atoms with E-state index in [1.165, 1.54) is 11.0 Å². The minimum atomic E-state index is -0.304. The molecule has 0 radical (unpaired) electrons. The predicted octanol–water partition coefficient (Wildman–Crippen LogP) is 1.87. The first-order valence-electron chi connectivity index (χ1n) is 11.6. The maximum Gasteiger partial charge on any atom is 0.336 e. The quantitative estimate of drug-likeness (QED) is 0.613. The maximum absolute atomic E-state index is 13.4. The maximum atomic E-state index is 13.4. The van der Waals surface area contributed by atoms with Crippen molar-refractivity contribution in [2.24, 2.45) is 5.41 Å². The van der Waals surface area contributed by atoms with E-state index < -0.39 is 0 Å². The lowest BCUT2D eigenvalue weighted by atomic mass is 9.71. The Balaban J connectivity index is 1.21. The summed E-state index contributed by atoms with van der Waals surface area (Å²) in [5.74, 6) is 0.566. The Morgan fingerprint density at radius 3 is 2.64 bits per heavy atom. The molecule has 0 atom stereocenters. The SMILES string of the molecule is CCN(Cc1ccc(-n2cnnn2)nc1)C1CCC2(CC1)CCN(C1=C(C)C(=O)OC1)C2=O. The molecule has 1 aliphatic carbocycles. The summed E-state index contributed by atoms with van der Waals surface area (Å²) in [5.41, 5.74) is 2.19. The van der Waals surface area contributed by atoms with Crippen molar-refractivity contribution in [3.63, 3.8) is 0 Å². The van der Waals surface area contributed by atoms with Crippen molar-refractivity contribution < 1.29 is 14.3 Å². The van der Waals surface area contributed by atoms with Gasteiger partial charge in [-0.05, 0) is 67.6 Å². The van der Waals surface area contributed by atoms with Crippen LogP contribution in [0.1, 0.15) is 51.5 Å². The van der Waals surface area contributed by atoms with Gasteiger partial charge < -0.3 is 9.64 Å². The van der Waals surface area contributed by atoms with Gasteiger partial charge in [0.15, 0.2) is 5.82 Å². The highest BCUT2D eigenvalue weighted by molar-refractivity contribution is 5.94. The number of tetrazole rings is 1. The molecule has 0 unspecified atom stereocenters. The first-order valence-corrected chi connectivity index (χ1v) is 11.6. The number of likely N-dealkylation sites (tertiary alicyclic amines) is 1. The molecule has 0 aromatic carbocycles. The van der Waals surface area contributed by atoms with E-state index in [0.717, 1.165) is 56.5 Å². The van der Waals surface area contributed by atoms with E-state index in [0.29, 0.717) is 24.0 Å². The highest BCUT2D eigenvalue weighted by Crippen LogP contribution is 2.47. The van der Waals surface area contributed by atoms with Crippen molar-refractivity contribution in [2.45, 2.75) is 58.5 Å². The van der Waals surface area contributed by atoms with Crippen LogP contribution in [-0.4, -0.2) is 72.6 Å². The summed E-state index contributed by atoms with van der Waals surface area (Å²) in [6.07, 6.45) is 8.04. The molecule has 2 aliphatic heterocycles. The number of aromatic nitrogens is 5. The summed E-state index contributed by atoms with van der Waals surface area (Å²) in [6.45, 7) is 6.61. The van der Waals surface area contributed by atoms with Crippen LogP contribution in [0.5, 0.6) is 0 Å². The van der Waals surface area contributed by atoms with Crippen LogP contribution in [0.25, 0.3) is 5.82 Å². The van der Waals surface area contributed by atoms with E-state index in [4.69, 9.17) is 4.74 Å². The first-order chi connectivity index (χ1) is 16.0. The van der Waals surface area contributed by atoms with Crippen LogP contribution < -0.4 is 0 Å². The van der Waals surface area contributed by atoms with E-state index in [-0.39, 0.29) is 23.9 Å². The number of ether oxygens (including phenoxy) is 1. The van der Waals surface area contributed by atoms with E-state index in [1.54, 1.807) is 6.92 Å². The zero-order valence-corrected chi connectivity index (χ0v) is 19.1. The average Bonchev–Trinajstić information content (AvgIpc) is 3.56. The monoisotopic (exact) mass is 451 g/mol. The van der Waals surface area contributed by atoms with Crippen molar-refractivity contribution in [3.8, 4) is 5.82 Å². The molecule has 2 aromatic heterocycles. The zero-order chi connectivity index (χ0) is 23.0. The van der Waals surface area contributed by atoms with Crippen molar-refractivity contribution in [1.29, 1.82) is 0 Å². The largest absolute Gasteiger partial charge is 0.456 e. The molecule has 4 heterocycles. The van der Waals surface area contributed by atoms with Crippen molar-refractivity contribution >= 4 is 11.9 Å².